The number of amides is 2. The van der Waals surface area contributed by atoms with Gasteiger partial charge in [0.1, 0.15) is 6.04 Å². The second kappa shape index (κ2) is 10.4. The van der Waals surface area contributed by atoms with Gasteiger partial charge in [-0.25, -0.2) is 0 Å². The quantitative estimate of drug-likeness (QED) is 0.757. The van der Waals surface area contributed by atoms with Crippen molar-refractivity contribution in [3.63, 3.8) is 0 Å². The smallest absolute Gasteiger partial charge is 0.320 e. The second-order valence-corrected chi connectivity index (χ2v) is 8.51. The number of piperidine rings is 3. The van der Waals surface area contributed by atoms with E-state index < -0.39 is 12.0 Å². The van der Waals surface area contributed by atoms with Gasteiger partial charge in [0.2, 0.25) is 11.8 Å². The molecule has 3 aliphatic rings. The van der Waals surface area contributed by atoms with Crippen LogP contribution in [-0.4, -0.2) is 82.9 Å². The summed E-state index contributed by atoms with van der Waals surface area (Å²) in [5.41, 5.74) is 0. The number of hydrogen-bond acceptors (Lipinski definition) is 4. The number of hydrogen-bond donors (Lipinski definition) is 1. The molecular weight excluding hydrogens is 382 g/mol. The first-order chi connectivity index (χ1) is 13.0. The van der Waals surface area contributed by atoms with E-state index in [1.807, 2.05) is 9.80 Å². The van der Waals surface area contributed by atoms with Gasteiger partial charge in [-0.1, -0.05) is 13.3 Å². The molecule has 0 aromatic heterocycles. The predicted molar refractivity (Wildman–Crippen MR) is 108 cm³/mol. The van der Waals surface area contributed by atoms with E-state index in [2.05, 4.69) is 6.92 Å². The fourth-order valence-corrected chi connectivity index (χ4v) is 4.76. The van der Waals surface area contributed by atoms with Crippen molar-refractivity contribution >= 4 is 30.2 Å². The third-order valence-corrected chi connectivity index (χ3v) is 6.40. The fourth-order valence-electron chi connectivity index (χ4n) is 4.76. The highest BCUT2D eigenvalue weighted by Gasteiger charge is 2.34. The van der Waals surface area contributed by atoms with Crippen LogP contribution in [-0.2, 0) is 14.4 Å². The molecule has 0 spiro atoms. The first-order valence-electron chi connectivity index (χ1n) is 10.5. The average Bonchev–Trinajstić information content (AvgIpc) is 2.67. The molecule has 3 heterocycles. The summed E-state index contributed by atoms with van der Waals surface area (Å²) in [6.45, 7) is 5.99. The van der Waals surface area contributed by atoms with Crippen LogP contribution in [0.2, 0.25) is 0 Å². The highest BCUT2D eigenvalue weighted by molar-refractivity contribution is 5.85. The van der Waals surface area contributed by atoms with Crippen molar-refractivity contribution in [1.29, 1.82) is 0 Å². The average molecular weight is 416 g/mol. The Kier molecular flexibility index (Phi) is 8.56. The number of aliphatic carboxylic acids is 1. The van der Waals surface area contributed by atoms with Gasteiger partial charge in [-0.05, 0) is 51.0 Å². The molecule has 3 aliphatic heterocycles. The van der Waals surface area contributed by atoms with E-state index >= 15 is 0 Å². The van der Waals surface area contributed by atoms with Crippen molar-refractivity contribution in [2.45, 2.75) is 57.9 Å². The Morgan fingerprint density at radius 2 is 1.61 bits per heavy atom. The van der Waals surface area contributed by atoms with E-state index in [0.29, 0.717) is 32.0 Å². The van der Waals surface area contributed by atoms with Gasteiger partial charge in [0.05, 0.1) is 6.54 Å². The Bertz CT molecular complexity index is 566. The van der Waals surface area contributed by atoms with E-state index in [4.69, 9.17) is 0 Å². The van der Waals surface area contributed by atoms with Crippen molar-refractivity contribution in [2.75, 3.05) is 39.3 Å². The van der Waals surface area contributed by atoms with Crippen LogP contribution in [0.15, 0.2) is 0 Å². The summed E-state index contributed by atoms with van der Waals surface area (Å²) >= 11 is 0. The third kappa shape index (κ3) is 5.60. The minimum absolute atomic E-state index is 0. The minimum atomic E-state index is -0.831. The second-order valence-electron chi connectivity index (χ2n) is 8.51. The van der Waals surface area contributed by atoms with E-state index in [1.54, 1.807) is 4.90 Å². The maximum absolute atomic E-state index is 12.8. The molecule has 0 radical (unpaired) electrons. The van der Waals surface area contributed by atoms with Crippen LogP contribution in [0.5, 0.6) is 0 Å². The third-order valence-electron chi connectivity index (χ3n) is 6.40. The monoisotopic (exact) mass is 415 g/mol. The topological polar surface area (TPSA) is 81.2 Å². The molecular formula is C20H34ClN3O4. The maximum Gasteiger partial charge on any atom is 0.320 e. The summed E-state index contributed by atoms with van der Waals surface area (Å²) in [4.78, 5) is 42.5. The number of carboxylic acid groups (broad SMARTS) is 1. The lowest BCUT2D eigenvalue weighted by Crippen LogP contribution is -2.52. The van der Waals surface area contributed by atoms with Crippen molar-refractivity contribution in [2.24, 2.45) is 11.8 Å². The maximum atomic E-state index is 12.8. The zero-order chi connectivity index (χ0) is 19.4. The summed E-state index contributed by atoms with van der Waals surface area (Å²) in [6, 6.07) is -0.539. The molecule has 1 N–H and O–H groups in total. The SMILES string of the molecule is CC1CCCN(C(=O)C2CCN(C(=O)CN3CCCCC3C(=O)O)CC2)C1.Cl. The number of nitrogens with zero attached hydrogens (tertiary/aromatic N) is 3. The van der Waals surface area contributed by atoms with Crippen LogP contribution in [0.25, 0.3) is 0 Å². The molecule has 7 nitrogen and oxygen atoms in total. The van der Waals surface area contributed by atoms with Crippen molar-refractivity contribution in [3.8, 4) is 0 Å². The predicted octanol–water partition coefficient (Wildman–Crippen LogP) is 1.84. The van der Waals surface area contributed by atoms with Crippen LogP contribution < -0.4 is 0 Å². The van der Waals surface area contributed by atoms with E-state index in [0.717, 1.165) is 45.2 Å². The molecule has 8 heteroatoms. The van der Waals surface area contributed by atoms with Crippen LogP contribution in [0.3, 0.4) is 0 Å². The Hall–Kier alpha value is -1.34. The molecule has 0 aromatic carbocycles. The number of likely N-dealkylation sites (tertiary alicyclic amines) is 3. The number of carbonyl (C=O) groups is 3. The van der Waals surface area contributed by atoms with Crippen LogP contribution in [0, 0.1) is 11.8 Å². The number of carbonyl (C=O) groups excluding carboxylic acids is 2. The summed E-state index contributed by atoms with van der Waals surface area (Å²) < 4.78 is 0. The lowest BCUT2D eigenvalue weighted by atomic mass is 9.92. The normalized spacial score (nSPS) is 27.2. The standard InChI is InChI=1S/C20H33N3O4.ClH/c1-15-5-4-10-23(13-15)19(25)16-7-11-21(12-8-16)18(24)14-22-9-3-2-6-17(22)20(26)27;/h15-17H,2-14H2,1H3,(H,26,27);1H. The first kappa shape index (κ1) is 22.9. The first-order valence-corrected chi connectivity index (χ1v) is 10.5. The van der Waals surface area contributed by atoms with Gasteiger partial charge in [0.15, 0.2) is 0 Å². The van der Waals surface area contributed by atoms with Gasteiger partial charge in [-0.2, -0.15) is 0 Å². The van der Waals surface area contributed by atoms with Crippen LogP contribution in [0.1, 0.15) is 51.9 Å². The fraction of sp³-hybridized carbons (Fsp3) is 0.850. The Morgan fingerprint density at radius 3 is 2.25 bits per heavy atom. The van der Waals surface area contributed by atoms with Crippen molar-refractivity contribution in [3.05, 3.63) is 0 Å². The van der Waals surface area contributed by atoms with Crippen molar-refractivity contribution < 1.29 is 19.5 Å². The van der Waals surface area contributed by atoms with Gasteiger partial charge >= 0.3 is 5.97 Å². The van der Waals surface area contributed by atoms with Crippen LogP contribution >= 0.6 is 12.4 Å². The molecule has 2 atom stereocenters. The highest BCUT2D eigenvalue weighted by atomic mass is 35.5. The molecule has 3 fully saturated rings. The molecule has 3 rings (SSSR count). The van der Waals surface area contributed by atoms with Gasteiger partial charge in [0.25, 0.3) is 0 Å². The summed E-state index contributed by atoms with van der Waals surface area (Å²) in [5, 5.41) is 9.36. The minimum Gasteiger partial charge on any atom is -0.480 e. The van der Waals surface area contributed by atoms with E-state index in [-0.39, 0.29) is 36.7 Å². The zero-order valence-corrected chi connectivity index (χ0v) is 17.7. The highest BCUT2D eigenvalue weighted by Crippen LogP contribution is 2.24. The Morgan fingerprint density at radius 1 is 0.893 bits per heavy atom. The van der Waals surface area contributed by atoms with Crippen molar-refractivity contribution in [1.82, 2.24) is 14.7 Å². The van der Waals surface area contributed by atoms with Gasteiger partial charge in [-0.15, -0.1) is 12.4 Å². The molecule has 28 heavy (non-hydrogen) atoms. The number of rotatable bonds is 4. The molecule has 0 aliphatic carbocycles. The largest absolute Gasteiger partial charge is 0.480 e. The van der Waals surface area contributed by atoms with Crippen LogP contribution in [0.4, 0.5) is 0 Å². The van der Waals surface area contributed by atoms with E-state index in [9.17, 15) is 19.5 Å². The molecule has 0 saturated carbocycles. The molecule has 3 saturated heterocycles. The van der Waals surface area contributed by atoms with Gasteiger partial charge in [-0.3, -0.25) is 19.3 Å². The molecule has 2 unspecified atom stereocenters. The number of halogens is 1. The summed E-state index contributed by atoms with van der Waals surface area (Å²) in [7, 11) is 0. The summed E-state index contributed by atoms with van der Waals surface area (Å²) in [6.07, 6.45) is 6.20. The molecule has 0 bridgehead atoms. The number of carboxylic acids is 1. The van der Waals surface area contributed by atoms with Gasteiger partial charge in [0, 0.05) is 32.1 Å². The molecule has 2 amide bonds. The Balaban J connectivity index is 0.00000280. The van der Waals surface area contributed by atoms with E-state index in [1.165, 1.54) is 6.42 Å². The lowest BCUT2D eigenvalue weighted by Gasteiger charge is -2.38. The molecule has 0 aromatic rings. The van der Waals surface area contributed by atoms with Gasteiger partial charge < -0.3 is 14.9 Å². The molecule has 160 valence electrons. The summed E-state index contributed by atoms with van der Waals surface area (Å²) in [5.74, 6) is 0.0380. The lowest BCUT2D eigenvalue weighted by molar-refractivity contribution is -0.147. The Labute approximate surface area is 173 Å². The zero-order valence-electron chi connectivity index (χ0n) is 16.8.